The molecule has 2 aromatic carbocycles. The zero-order chi connectivity index (χ0) is 25.4. The third-order valence-electron chi connectivity index (χ3n) is 6.52. The van der Waals surface area contributed by atoms with Gasteiger partial charge in [0.05, 0.1) is 11.2 Å². The summed E-state index contributed by atoms with van der Waals surface area (Å²) in [5.74, 6) is 0.359. The van der Waals surface area contributed by atoms with Crippen LogP contribution in [0.4, 0.5) is 5.82 Å². The number of anilines is 1. The summed E-state index contributed by atoms with van der Waals surface area (Å²) in [6.45, 7) is 8.02. The van der Waals surface area contributed by atoms with Crippen molar-refractivity contribution in [1.82, 2.24) is 4.98 Å². The number of nitrogen functional groups attached to an aromatic ring is 1. The molecular formula is C26H25BN4O4. The molecule has 176 valence electrons. The Morgan fingerprint density at radius 3 is 2.23 bits per heavy atom. The third kappa shape index (κ3) is 4.40. The van der Waals surface area contributed by atoms with E-state index in [0.717, 1.165) is 5.56 Å². The Balaban J connectivity index is 1.90. The second kappa shape index (κ2) is 8.96. The van der Waals surface area contributed by atoms with Gasteiger partial charge in [-0.05, 0) is 56.4 Å². The number of nitrogens with one attached hydrogen (secondary N) is 1. The summed E-state index contributed by atoms with van der Waals surface area (Å²) in [5.41, 5.74) is 5.84. The highest BCUT2D eigenvalue weighted by Gasteiger charge is 2.52. The van der Waals surface area contributed by atoms with Crippen LogP contribution < -0.4 is 21.5 Å². The predicted octanol–water partition coefficient (Wildman–Crippen LogP) is 3.25. The van der Waals surface area contributed by atoms with Crippen molar-refractivity contribution < 1.29 is 14.0 Å². The lowest BCUT2D eigenvalue weighted by atomic mass is 9.73. The number of pyridine rings is 1. The van der Waals surface area contributed by atoms with Crippen molar-refractivity contribution in [2.45, 2.75) is 45.5 Å². The minimum Gasteiger partial charge on any atom is -0.489 e. The maximum absolute atomic E-state index is 12.6. The van der Waals surface area contributed by atoms with Gasteiger partial charge in [0.25, 0.3) is 5.56 Å². The Kier molecular flexibility index (Phi) is 6.16. The van der Waals surface area contributed by atoms with E-state index in [4.69, 9.17) is 19.8 Å². The monoisotopic (exact) mass is 468 g/mol. The largest absolute Gasteiger partial charge is 0.495 e. The number of nitrogens with two attached hydrogens (primary N) is 1. The van der Waals surface area contributed by atoms with Crippen LogP contribution in [-0.4, -0.2) is 23.3 Å². The number of nitrogens with zero attached hydrogens (tertiary/aromatic N) is 2. The minimum atomic E-state index is -0.809. The molecule has 4 rings (SSSR count). The molecule has 9 heteroatoms. The Morgan fingerprint density at radius 2 is 1.63 bits per heavy atom. The smallest absolute Gasteiger partial charge is 0.489 e. The number of nitriles is 2. The van der Waals surface area contributed by atoms with Gasteiger partial charge in [0.2, 0.25) is 0 Å². The van der Waals surface area contributed by atoms with E-state index in [0.29, 0.717) is 23.4 Å². The van der Waals surface area contributed by atoms with E-state index in [1.807, 2.05) is 70.2 Å². The number of rotatable bonds is 5. The number of benzene rings is 2. The van der Waals surface area contributed by atoms with Crippen molar-refractivity contribution in [2.75, 3.05) is 5.73 Å². The van der Waals surface area contributed by atoms with Crippen LogP contribution in [0.2, 0.25) is 0 Å². The molecule has 3 N–H and O–H groups in total. The Labute approximate surface area is 204 Å². The van der Waals surface area contributed by atoms with Crippen LogP contribution in [0.1, 0.15) is 44.4 Å². The summed E-state index contributed by atoms with van der Waals surface area (Å²) in [6.07, 6.45) is 0. The SMILES string of the molecule is CC1(C)OB(c2ccc(OCc3ccccc3)cc2-c2c(C#N)c(N)[nH]c(=O)c2C#N)OC1(C)C. The lowest BCUT2D eigenvalue weighted by Gasteiger charge is -2.32. The molecule has 0 atom stereocenters. The van der Waals surface area contributed by atoms with Gasteiger partial charge in [0.15, 0.2) is 0 Å². The van der Waals surface area contributed by atoms with Crippen molar-refractivity contribution >= 4 is 18.4 Å². The second-order valence-corrected chi connectivity index (χ2v) is 9.33. The van der Waals surface area contributed by atoms with Gasteiger partial charge in [-0.2, -0.15) is 10.5 Å². The van der Waals surface area contributed by atoms with E-state index in [9.17, 15) is 15.3 Å². The fourth-order valence-electron chi connectivity index (χ4n) is 3.87. The molecule has 0 saturated carbocycles. The quantitative estimate of drug-likeness (QED) is 0.549. The van der Waals surface area contributed by atoms with Crippen LogP contribution in [-0.2, 0) is 15.9 Å². The number of hydrogen-bond acceptors (Lipinski definition) is 7. The molecule has 8 nitrogen and oxygen atoms in total. The third-order valence-corrected chi connectivity index (χ3v) is 6.52. The Morgan fingerprint density at radius 1 is 1.00 bits per heavy atom. The first kappa shape index (κ1) is 24.1. The molecule has 0 radical (unpaired) electrons. The zero-order valence-corrected chi connectivity index (χ0v) is 20.0. The maximum Gasteiger partial charge on any atom is 0.495 e. The summed E-state index contributed by atoms with van der Waals surface area (Å²) in [7, 11) is -0.809. The molecule has 3 aromatic rings. The van der Waals surface area contributed by atoms with Crippen LogP contribution in [0.25, 0.3) is 11.1 Å². The Bertz CT molecular complexity index is 1400. The lowest BCUT2D eigenvalue weighted by molar-refractivity contribution is 0.00578. The number of ether oxygens (including phenoxy) is 1. The average molecular weight is 468 g/mol. The van der Waals surface area contributed by atoms with E-state index in [1.165, 1.54) is 0 Å². The van der Waals surface area contributed by atoms with Crippen molar-refractivity contribution in [2.24, 2.45) is 0 Å². The van der Waals surface area contributed by atoms with Crippen molar-refractivity contribution in [3.05, 3.63) is 75.6 Å². The van der Waals surface area contributed by atoms with Crippen LogP contribution >= 0.6 is 0 Å². The molecule has 1 aliphatic rings. The molecule has 0 amide bonds. The van der Waals surface area contributed by atoms with Crippen molar-refractivity contribution in [3.63, 3.8) is 0 Å². The van der Waals surface area contributed by atoms with Crippen LogP contribution in [0, 0.1) is 22.7 Å². The average Bonchev–Trinajstić information content (AvgIpc) is 3.04. The summed E-state index contributed by atoms with van der Waals surface area (Å²) in [6, 6.07) is 18.8. The molecule has 1 aromatic heterocycles. The van der Waals surface area contributed by atoms with Gasteiger partial charge in [-0.1, -0.05) is 36.4 Å². The molecule has 0 aliphatic carbocycles. The van der Waals surface area contributed by atoms with Crippen LogP contribution in [0.5, 0.6) is 5.75 Å². The second-order valence-electron chi connectivity index (χ2n) is 9.33. The molecule has 1 fully saturated rings. The molecule has 2 heterocycles. The van der Waals surface area contributed by atoms with Gasteiger partial charge in [-0.25, -0.2) is 0 Å². The summed E-state index contributed by atoms with van der Waals surface area (Å²) >= 11 is 0. The van der Waals surface area contributed by atoms with Crippen LogP contribution in [0.3, 0.4) is 0 Å². The lowest BCUT2D eigenvalue weighted by Crippen LogP contribution is -2.41. The first-order valence-electron chi connectivity index (χ1n) is 11.1. The molecule has 0 spiro atoms. The molecular weight excluding hydrogens is 443 g/mol. The predicted molar refractivity (Wildman–Crippen MR) is 133 cm³/mol. The molecule has 35 heavy (non-hydrogen) atoms. The number of aromatic amines is 1. The highest BCUT2D eigenvalue weighted by molar-refractivity contribution is 6.64. The Hall–Kier alpha value is -4.05. The van der Waals surface area contributed by atoms with Gasteiger partial charge >= 0.3 is 7.12 Å². The number of hydrogen-bond donors (Lipinski definition) is 2. The topological polar surface area (TPSA) is 134 Å². The highest BCUT2D eigenvalue weighted by atomic mass is 16.7. The van der Waals surface area contributed by atoms with Crippen LogP contribution in [0.15, 0.2) is 53.3 Å². The zero-order valence-electron chi connectivity index (χ0n) is 20.0. The van der Waals surface area contributed by atoms with Crippen molar-refractivity contribution in [3.8, 4) is 29.0 Å². The fourth-order valence-corrected chi connectivity index (χ4v) is 3.87. The van der Waals surface area contributed by atoms with Gasteiger partial charge in [0.1, 0.15) is 41.4 Å². The summed E-state index contributed by atoms with van der Waals surface area (Å²) in [5, 5.41) is 19.7. The molecule has 0 unspecified atom stereocenters. The minimum absolute atomic E-state index is 0.0147. The van der Waals surface area contributed by atoms with E-state index < -0.39 is 23.9 Å². The van der Waals surface area contributed by atoms with E-state index in [2.05, 4.69) is 4.98 Å². The van der Waals surface area contributed by atoms with Crippen molar-refractivity contribution in [1.29, 1.82) is 10.5 Å². The summed E-state index contributed by atoms with van der Waals surface area (Å²) < 4.78 is 18.5. The molecule has 1 aliphatic heterocycles. The summed E-state index contributed by atoms with van der Waals surface area (Å²) in [4.78, 5) is 15.0. The normalized spacial score (nSPS) is 15.9. The van der Waals surface area contributed by atoms with Gasteiger partial charge < -0.3 is 24.8 Å². The van der Waals surface area contributed by atoms with Gasteiger partial charge in [-0.3, -0.25) is 4.79 Å². The van der Waals surface area contributed by atoms with E-state index >= 15 is 0 Å². The molecule has 1 saturated heterocycles. The number of aromatic nitrogens is 1. The highest BCUT2D eigenvalue weighted by Crippen LogP contribution is 2.38. The van der Waals surface area contributed by atoms with E-state index in [-0.39, 0.29) is 22.5 Å². The van der Waals surface area contributed by atoms with Gasteiger partial charge in [0, 0.05) is 5.56 Å². The fraction of sp³-hybridized carbons (Fsp3) is 0.269. The first-order chi connectivity index (χ1) is 16.6. The first-order valence-corrected chi connectivity index (χ1v) is 11.1. The molecule has 0 bridgehead atoms. The number of H-pyrrole nitrogens is 1. The maximum atomic E-state index is 12.6. The standard InChI is InChI=1S/C26H25BN4O4/c1-25(2)26(3,4)35-27(34-25)21-11-10-17(33-15-16-8-6-5-7-9-16)12-18(21)22-19(13-28)23(30)31-24(32)20(22)14-29/h5-12H,15H2,1-4H3,(H3,30,31,32). The van der Waals surface area contributed by atoms with Gasteiger partial charge in [-0.15, -0.1) is 0 Å². The van der Waals surface area contributed by atoms with E-state index in [1.54, 1.807) is 18.2 Å².